The van der Waals surface area contributed by atoms with Crippen LogP contribution in [0.25, 0.3) is 0 Å². The predicted molar refractivity (Wildman–Crippen MR) is 138 cm³/mol. The third kappa shape index (κ3) is 7.83. The normalized spacial score (nSPS) is 11.5. The smallest absolute Gasteiger partial charge is 0.408 e. The zero-order valence-corrected chi connectivity index (χ0v) is 21.4. The van der Waals surface area contributed by atoms with Crippen LogP contribution in [-0.2, 0) is 16.1 Å². The summed E-state index contributed by atoms with van der Waals surface area (Å²) in [5.74, 6) is -1.54. The molecule has 0 unspecified atom stereocenters. The Bertz CT molecular complexity index is 1190. The number of anilines is 1. The molecule has 3 aromatic carbocycles. The standard InChI is InChI=1S/C26H24BrClN2O5/c1-16(2)23(30-26(33)34-15-17-6-4-3-5-7-17)25(32)35-22-13-10-19(28)14-21(22)24(31)29-20-11-8-18(27)9-12-20/h3-14,16,23H,15H2,1-2H3,(H,29,31)(H,30,33)/t23-/m1/s1. The Hall–Kier alpha value is -3.36. The number of halogens is 2. The molecule has 2 amide bonds. The first-order valence-electron chi connectivity index (χ1n) is 10.8. The van der Waals surface area contributed by atoms with Gasteiger partial charge in [-0.1, -0.05) is 71.7 Å². The molecule has 182 valence electrons. The lowest BCUT2D eigenvalue weighted by Gasteiger charge is -2.21. The summed E-state index contributed by atoms with van der Waals surface area (Å²) in [6.07, 6.45) is -0.756. The van der Waals surface area contributed by atoms with Gasteiger partial charge in [-0.05, 0) is 53.9 Å². The second-order valence-corrected chi connectivity index (χ2v) is 9.30. The number of ether oxygens (including phenoxy) is 2. The topological polar surface area (TPSA) is 93.7 Å². The molecule has 0 spiro atoms. The molecule has 0 saturated carbocycles. The first kappa shape index (κ1) is 26.2. The second kappa shape index (κ2) is 12.4. The first-order valence-corrected chi connectivity index (χ1v) is 12.0. The van der Waals surface area contributed by atoms with Gasteiger partial charge < -0.3 is 20.1 Å². The number of alkyl carbamates (subject to hydrolysis) is 1. The summed E-state index contributed by atoms with van der Waals surface area (Å²) < 4.78 is 11.6. The number of hydrogen-bond acceptors (Lipinski definition) is 5. The molecule has 7 nitrogen and oxygen atoms in total. The second-order valence-electron chi connectivity index (χ2n) is 7.95. The summed E-state index contributed by atoms with van der Waals surface area (Å²) in [6.45, 7) is 3.57. The number of nitrogens with one attached hydrogen (secondary N) is 2. The zero-order valence-electron chi connectivity index (χ0n) is 19.1. The van der Waals surface area contributed by atoms with E-state index in [1.54, 1.807) is 38.1 Å². The van der Waals surface area contributed by atoms with Crippen molar-refractivity contribution in [1.29, 1.82) is 0 Å². The van der Waals surface area contributed by atoms with Gasteiger partial charge in [-0.2, -0.15) is 0 Å². The molecule has 0 saturated heterocycles. The molecule has 2 N–H and O–H groups in total. The van der Waals surface area contributed by atoms with Crippen LogP contribution in [0.3, 0.4) is 0 Å². The van der Waals surface area contributed by atoms with Crippen molar-refractivity contribution in [2.24, 2.45) is 5.92 Å². The number of hydrogen-bond donors (Lipinski definition) is 2. The van der Waals surface area contributed by atoms with Gasteiger partial charge in [0, 0.05) is 15.2 Å². The lowest BCUT2D eigenvalue weighted by molar-refractivity contribution is -0.137. The molecule has 0 aliphatic heterocycles. The van der Waals surface area contributed by atoms with Gasteiger partial charge in [0.1, 0.15) is 18.4 Å². The Labute approximate surface area is 216 Å². The minimum Gasteiger partial charge on any atom is -0.445 e. The molecule has 0 heterocycles. The van der Waals surface area contributed by atoms with Crippen molar-refractivity contribution < 1.29 is 23.9 Å². The molecule has 3 aromatic rings. The van der Waals surface area contributed by atoms with E-state index in [9.17, 15) is 14.4 Å². The monoisotopic (exact) mass is 558 g/mol. The minimum absolute atomic E-state index is 0.0131. The number of amides is 2. The SMILES string of the molecule is CC(C)[C@@H](NC(=O)OCc1ccccc1)C(=O)Oc1ccc(Cl)cc1C(=O)Nc1ccc(Br)cc1. The van der Waals surface area contributed by atoms with E-state index in [0.717, 1.165) is 10.0 Å². The maximum atomic E-state index is 13.0. The van der Waals surface area contributed by atoms with Crippen molar-refractivity contribution in [2.45, 2.75) is 26.5 Å². The molecule has 0 radical (unpaired) electrons. The van der Waals surface area contributed by atoms with Gasteiger partial charge in [0.25, 0.3) is 5.91 Å². The van der Waals surface area contributed by atoms with Crippen molar-refractivity contribution in [3.05, 3.63) is 93.4 Å². The summed E-state index contributed by atoms with van der Waals surface area (Å²) in [4.78, 5) is 38.2. The van der Waals surface area contributed by atoms with E-state index in [1.807, 2.05) is 30.3 Å². The molecule has 0 aliphatic rings. The van der Waals surface area contributed by atoms with Crippen LogP contribution in [0, 0.1) is 5.92 Å². The van der Waals surface area contributed by atoms with Crippen LogP contribution in [-0.4, -0.2) is 24.0 Å². The average molecular weight is 560 g/mol. The average Bonchev–Trinajstić information content (AvgIpc) is 2.84. The van der Waals surface area contributed by atoms with Crippen molar-refractivity contribution in [2.75, 3.05) is 5.32 Å². The van der Waals surface area contributed by atoms with Gasteiger partial charge in [0.2, 0.25) is 0 Å². The Morgan fingerprint density at radius 3 is 2.31 bits per heavy atom. The van der Waals surface area contributed by atoms with E-state index in [-0.39, 0.29) is 23.8 Å². The van der Waals surface area contributed by atoms with E-state index in [2.05, 4.69) is 26.6 Å². The van der Waals surface area contributed by atoms with Gasteiger partial charge in [-0.25, -0.2) is 9.59 Å². The number of rotatable bonds is 8. The number of carbonyl (C=O) groups excluding carboxylic acids is 3. The van der Waals surface area contributed by atoms with E-state index < -0.39 is 24.0 Å². The predicted octanol–water partition coefficient (Wildman–Crippen LogP) is 6.21. The van der Waals surface area contributed by atoms with Gasteiger partial charge in [-0.15, -0.1) is 0 Å². The summed E-state index contributed by atoms with van der Waals surface area (Å²) in [6, 6.07) is 19.5. The number of carbonyl (C=O) groups is 3. The van der Waals surface area contributed by atoms with E-state index in [4.69, 9.17) is 21.1 Å². The highest BCUT2D eigenvalue weighted by molar-refractivity contribution is 9.10. The molecular weight excluding hydrogens is 536 g/mol. The summed E-state index contributed by atoms with van der Waals surface area (Å²) in [5.41, 5.74) is 1.44. The van der Waals surface area contributed by atoms with Crippen molar-refractivity contribution in [3.63, 3.8) is 0 Å². The van der Waals surface area contributed by atoms with Crippen LogP contribution in [0.4, 0.5) is 10.5 Å². The van der Waals surface area contributed by atoms with Gasteiger partial charge in [0.15, 0.2) is 0 Å². The Balaban J connectivity index is 1.69. The van der Waals surface area contributed by atoms with E-state index >= 15 is 0 Å². The molecule has 3 rings (SSSR count). The van der Waals surface area contributed by atoms with Gasteiger partial charge in [0.05, 0.1) is 5.56 Å². The highest BCUT2D eigenvalue weighted by atomic mass is 79.9. The molecule has 0 fully saturated rings. The van der Waals surface area contributed by atoms with Gasteiger partial charge >= 0.3 is 12.1 Å². The molecule has 0 bridgehead atoms. The van der Waals surface area contributed by atoms with Crippen LogP contribution in [0.5, 0.6) is 5.75 Å². The van der Waals surface area contributed by atoms with Crippen LogP contribution in [0.15, 0.2) is 77.3 Å². The fourth-order valence-corrected chi connectivity index (χ4v) is 3.50. The van der Waals surface area contributed by atoms with Crippen molar-refractivity contribution in [3.8, 4) is 5.75 Å². The van der Waals surface area contributed by atoms with E-state index in [0.29, 0.717) is 10.7 Å². The molecule has 0 aromatic heterocycles. The number of esters is 1. The maximum absolute atomic E-state index is 13.0. The molecular formula is C26H24BrClN2O5. The molecule has 0 aliphatic carbocycles. The fourth-order valence-electron chi connectivity index (χ4n) is 3.06. The summed E-state index contributed by atoms with van der Waals surface area (Å²) >= 11 is 9.43. The van der Waals surface area contributed by atoms with Crippen LogP contribution >= 0.6 is 27.5 Å². The largest absolute Gasteiger partial charge is 0.445 e. The Morgan fingerprint density at radius 2 is 1.66 bits per heavy atom. The van der Waals surface area contributed by atoms with Crippen LogP contribution < -0.4 is 15.4 Å². The molecule has 1 atom stereocenters. The fraction of sp³-hybridized carbons (Fsp3) is 0.192. The third-order valence-corrected chi connectivity index (χ3v) is 5.67. The Kier molecular flexibility index (Phi) is 9.28. The lowest BCUT2D eigenvalue weighted by Crippen LogP contribution is -2.46. The number of benzene rings is 3. The first-order chi connectivity index (χ1) is 16.7. The minimum atomic E-state index is -1.00. The zero-order chi connectivity index (χ0) is 25.4. The van der Waals surface area contributed by atoms with Crippen molar-refractivity contribution in [1.82, 2.24) is 5.32 Å². The maximum Gasteiger partial charge on any atom is 0.408 e. The Morgan fingerprint density at radius 1 is 0.971 bits per heavy atom. The highest BCUT2D eigenvalue weighted by Crippen LogP contribution is 2.25. The summed E-state index contributed by atoms with van der Waals surface area (Å²) in [5, 5.41) is 5.59. The molecule has 35 heavy (non-hydrogen) atoms. The van der Waals surface area contributed by atoms with Crippen molar-refractivity contribution >= 4 is 51.2 Å². The lowest BCUT2D eigenvalue weighted by atomic mass is 10.0. The van der Waals surface area contributed by atoms with Crippen LogP contribution in [0.2, 0.25) is 5.02 Å². The highest BCUT2D eigenvalue weighted by Gasteiger charge is 2.28. The van der Waals surface area contributed by atoms with E-state index in [1.165, 1.54) is 18.2 Å². The van der Waals surface area contributed by atoms with Gasteiger partial charge in [-0.3, -0.25) is 4.79 Å². The third-order valence-electron chi connectivity index (χ3n) is 4.91. The molecule has 9 heteroatoms. The quantitative estimate of drug-likeness (QED) is 0.253. The summed E-state index contributed by atoms with van der Waals surface area (Å²) in [7, 11) is 0. The van der Waals surface area contributed by atoms with Crippen LogP contribution in [0.1, 0.15) is 29.8 Å².